The Morgan fingerprint density at radius 2 is 1.86 bits per heavy atom. The topological polar surface area (TPSA) is 70.8 Å². The molecule has 0 unspecified atom stereocenters. The first-order valence-corrected chi connectivity index (χ1v) is 10.4. The maximum absolute atomic E-state index is 13.4. The number of rotatable bonds is 5. The highest BCUT2D eigenvalue weighted by atomic mass is 32.2. The maximum Gasteiger partial charge on any atom is 0.243 e. The lowest BCUT2D eigenvalue weighted by molar-refractivity contribution is -0.136. The van der Waals surface area contributed by atoms with E-state index in [2.05, 4.69) is 0 Å². The number of nitrogens with zero attached hydrogens (tertiary/aromatic N) is 2. The third-order valence-corrected chi connectivity index (χ3v) is 6.79. The summed E-state index contributed by atoms with van der Waals surface area (Å²) >= 11 is 0. The molecule has 0 bridgehead atoms. The van der Waals surface area contributed by atoms with Crippen LogP contribution < -0.4 is 0 Å². The quantitative estimate of drug-likeness (QED) is 0.757. The van der Waals surface area contributed by atoms with Crippen LogP contribution in [-0.2, 0) is 21.4 Å². The molecule has 152 valence electrons. The molecule has 0 radical (unpaired) electrons. The van der Waals surface area contributed by atoms with Crippen LogP contribution in [0.4, 0.5) is 8.78 Å². The highest BCUT2D eigenvalue weighted by Crippen LogP contribution is 2.26. The highest BCUT2D eigenvalue weighted by Gasteiger charge is 2.33. The first kappa shape index (κ1) is 20.5. The van der Waals surface area contributed by atoms with E-state index < -0.39 is 21.7 Å². The van der Waals surface area contributed by atoms with Crippen LogP contribution in [0.3, 0.4) is 0 Å². The van der Waals surface area contributed by atoms with Crippen LogP contribution in [0, 0.1) is 24.5 Å². The number of piperidine rings is 1. The Labute approximate surface area is 162 Å². The van der Waals surface area contributed by atoms with Crippen molar-refractivity contribution in [3.05, 3.63) is 53.5 Å². The standard InChI is InChI=1S/C19H22F2N2O4S/c1-13-3-4-15(27-13)12-22(2)19(24)14-7-9-23(10-8-14)28(25,26)16-5-6-17(20)18(21)11-16/h3-6,11,14H,7-10,12H2,1-2H3. The summed E-state index contributed by atoms with van der Waals surface area (Å²) in [5, 5.41) is 0. The van der Waals surface area contributed by atoms with Gasteiger partial charge in [-0.1, -0.05) is 0 Å². The first-order valence-electron chi connectivity index (χ1n) is 8.94. The molecule has 3 rings (SSSR count). The van der Waals surface area contributed by atoms with E-state index >= 15 is 0 Å². The number of amides is 1. The molecule has 0 saturated carbocycles. The molecule has 0 atom stereocenters. The molecule has 1 aliphatic heterocycles. The average Bonchev–Trinajstić information content (AvgIpc) is 3.08. The largest absolute Gasteiger partial charge is 0.464 e. The molecule has 28 heavy (non-hydrogen) atoms. The SMILES string of the molecule is Cc1ccc(CN(C)C(=O)C2CCN(S(=O)(=O)c3ccc(F)c(F)c3)CC2)o1. The molecule has 0 spiro atoms. The van der Waals surface area contributed by atoms with Crippen molar-refractivity contribution in [1.29, 1.82) is 0 Å². The molecule has 2 heterocycles. The molecule has 1 amide bonds. The van der Waals surface area contributed by atoms with Crippen molar-refractivity contribution in [2.45, 2.75) is 31.2 Å². The molecule has 0 aliphatic carbocycles. The van der Waals surface area contributed by atoms with E-state index in [1.807, 2.05) is 19.1 Å². The fourth-order valence-corrected chi connectivity index (χ4v) is 4.81. The average molecular weight is 412 g/mol. The molecule has 0 N–H and O–H groups in total. The fourth-order valence-electron chi connectivity index (χ4n) is 3.32. The van der Waals surface area contributed by atoms with Gasteiger partial charge in [0.25, 0.3) is 0 Å². The van der Waals surface area contributed by atoms with E-state index in [1.54, 1.807) is 11.9 Å². The van der Waals surface area contributed by atoms with Crippen LogP contribution >= 0.6 is 0 Å². The van der Waals surface area contributed by atoms with E-state index in [9.17, 15) is 22.0 Å². The molecule has 1 aromatic heterocycles. The van der Waals surface area contributed by atoms with Gasteiger partial charge in [0, 0.05) is 26.1 Å². The van der Waals surface area contributed by atoms with Crippen molar-refractivity contribution in [3.8, 4) is 0 Å². The minimum Gasteiger partial charge on any atom is -0.464 e. The molecule has 6 nitrogen and oxygen atoms in total. The summed E-state index contributed by atoms with van der Waals surface area (Å²) in [6.07, 6.45) is 0.729. The number of benzene rings is 1. The minimum absolute atomic E-state index is 0.0704. The Hall–Kier alpha value is -2.26. The van der Waals surface area contributed by atoms with Gasteiger partial charge in [-0.05, 0) is 50.1 Å². The second-order valence-corrected chi connectivity index (χ2v) is 8.90. The predicted molar refractivity (Wildman–Crippen MR) is 97.8 cm³/mol. The van der Waals surface area contributed by atoms with Crippen molar-refractivity contribution in [3.63, 3.8) is 0 Å². The number of furan rings is 1. The van der Waals surface area contributed by atoms with Crippen molar-refractivity contribution in [1.82, 2.24) is 9.21 Å². The highest BCUT2D eigenvalue weighted by molar-refractivity contribution is 7.89. The number of sulfonamides is 1. The Balaban J connectivity index is 1.61. The van der Waals surface area contributed by atoms with Crippen LogP contribution in [0.2, 0.25) is 0 Å². The van der Waals surface area contributed by atoms with Crippen LogP contribution in [0.15, 0.2) is 39.6 Å². The Morgan fingerprint density at radius 1 is 1.18 bits per heavy atom. The molecule has 1 aromatic carbocycles. The lowest BCUT2D eigenvalue weighted by Crippen LogP contribution is -2.43. The van der Waals surface area contributed by atoms with Gasteiger partial charge < -0.3 is 9.32 Å². The zero-order valence-corrected chi connectivity index (χ0v) is 16.5. The van der Waals surface area contributed by atoms with Gasteiger partial charge in [-0.3, -0.25) is 4.79 Å². The molecular weight excluding hydrogens is 390 g/mol. The zero-order valence-electron chi connectivity index (χ0n) is 15.7. The van der Waals surface area contributed by atoms with Crippen molar-refractivity contribution in [2.24, 2.45) is 5.92 Å². The first-order chi connectivity index (χ1) is 13.2. The second-order valence-electron chi connectivity index (χ2n) is 6.96. The third-order valence-electron chi connectivity index (χ3n) is 4.90. The molecule has 1 fully saturated rings. The Morgan fingerprint density at radius 3 is 2.43 bits per heavy atom. The third kappa shape index (κ3) is 4.25. The number of carbonyl (C=O) groups is 1. The van der Waals surface area contributed by atoms with Crippen LogP contribution in [0.25, 0.3) is 0 Å². The zero-order chi connectivity index (χ0) is 20.5. The minimum atomic E-state index is -3.93. The van der Waals surface area contributed by atoms with E-state index in [-0.39, 0.29) is 29.8 Å². The van der Waals surface area contributed by atoms with Gasteiger partial charge in [0.05, 0.1) is 11.4 Å². The van der Waals surface area contributed by atoms with Crippen LogP contribution in [-0.4, -0.2) is 43.7 Å². The van der Waals surface area contributed by atoms with Gasteiger partial charge in [-0.2, -0.15) is 4.31 Å². The number of aryl methyl sites for hydroxylation is 1. The molecule has 1 aliphatic rings. The van der Waals surface area contributed by atoms with E-state index in [1.165, 1.54) is 4.31 Å². The number of hydrogen-bond acceptors (Lipinski definition) is 4. The molecule has 2 aromatic rings. The molecule has 9 heteroatoms. The summed E-state index contributed by atoms with van der Waals surface area (Å²) in [6, 6.07) is 6.17. The van der Waals surface area contributed by atoms with Crippen LogP contribution in [0.5, 0.6) is 0 Å². The number of carbonyl (C=O) groups excluding carboxylic acids is 1. The summed E-state index contributed by atoms with van der Waals surface area (Å²) in [7, 11) is -2.24. The lowest BCUT2D eigenvalue weighted by Gasteiger charge is -2.32. The Bertz CT molecular complexity index is 966. The Kier molecular flexibility index (Phi) is 5.85. The second kappa shape index (κ2) is 8.00. The summed E-state index contributed by atoms with van der Waals surface area (Å²) in [4.78, 5) is 13.9. The number of halogens is 2. The van der Waals surface area contributed by atoms with Crippen molar-refractivity contribution < 1.29 is 26.4 Å². The van der Waals surface area contributed by atoms with Crippen molar-refractivity contribution in [2.75, 3.05) is 20.1 Å². The maximum atomic E-state index is 13.4. The molecular formula is C19H22F2N2O4S. The van der Waals surface area contributed by atoms with E-state index in [0.29, 0.717) is 31.2 Å². The fraction of sp³-hybridized carbons (Fsp3) is 0.421. The van der Waals surface area contributed by atoms with Gasteiger partial charge in [-0.25, -0.2) is 17.2 Å². The summed E-state index contributed by atoms with van der Waals surface area (Å²) in [6.45, 7) is 2.46. The van der Waals surface area contributed by atoms with Crippen molar-refractivity contribution >= 4 is 15.9 Å². The molecule has 1 saturated heterocycles. The van der Waals surface area contributed by atoms with Gasteiger partial charge >= 0.3 is 0 Å². The predicted octanol–water partition coefficient (Wildman–Crippen LogP) is 2.93. The van der Waals surface area contributed by atoms with Gasteiger partial charge in [0.2, 0.25) is 15.9 Å². The summed E-state index contributed by atoms with van der Waals surface area (Å²) in [5.74, 6) is -1.21. The van der Waals surface area contributed by atoms with Gasteiger partial charge in [-0.15, -0.1) is 0 Å². The van der Waals surface area contributed by atoms with E-state index in [4.69, 9.17) is 4.42 Å². The summed E-state index contributed by atoms with van der Waals surface area (Å²) < 4.78 is 58.4. The smallest absolute Gasteiger partial charge is 0.243 e. The lowest BCUT2D eigenvalue weighted by atomic mass is 9.96. The normalized spacial score (nSPS) is 16.3. The van der Waals surface area contributed by atoms with Gasteiger partial charge in [0.15, 0.2) is 11.6 Å². The van der Waals surface area contributed by atoms with E-state index in [0.717, 1.165) is 17.9 Å². The monoisotopic (exact) mass is 412 g/mol. The van der Waals surface area contributed by atoms with Crippen LogP contribution in [0.1, 0.15) is 24.4 Å². The summed E-state index contributed by atoms with van der Waals surface area (Å²) in [5.41, 5.74) is 0. The number of hydrogen-bond donors (Lipinski definition) is 0. The van der Waals surface area contributed by atoms with Gasteiger partial charge in [0.1, 0.15) is 11.5 Å².